The van der Waals surface area contributed by atoms with Crippen molar-refractivity contribution in [3.8, 4) is 5.75 Å². The largest absolute Gasteiger partial charge is 0.489 e. The smallest absolute Gasteiger partial charge is 0.269 e. The van der Waals surface area contributed by atoms with Crippen LogP contribution in [0.5, 0.6) is 5.75 Å². The van der Waals surface area contributed by atoms with E-state index < -0.39 is 4.92 Å². The summed E-state index contributed by atoms with van der Waals surface area (Å²) in [6.07, 6.45) is 0. The molecule has 3 rings (SSSR count). The molecule has 0 atom stereocenters. The van der Waals surface area contributed by atoms with Gasteiger partial charge in [-0.1, -0.05) is 12.1 Å². The van der Waals surface area contributed by atoms with E-state index in [4.69, 9.17) is 4.74 Å². The molecule has 7 heteroatoms. The van der Waals surface area contributed by atoms with Crippen LogP contribution in [0.2, 0.25) is 0 Å². The first-order chi connectivity index (χ1) is 12.9. The lowest BCUT2D eigenvalue weighted by Crippen LogP contribution is -2.11. The fraction of sp³-hybridized carbons (Fsp3) is 0.150. The topological polar surface area (TPSA) is 81.5 Å². The molecule has 1 N–H and O–H groups in total. The van der Waals surface area contributed by atoms with E-state index in [2.05, 4.69) is 5.32 Å². The molecule has 1 heterocycles. The quantitative estimate of drug-likeness (QED) is 0.475. The van der Waals surface area contributed by atoms with Crippen molar-refractivity contribution in [1.29, 1.82) is 0 Å². The zero-order chi connectivity index (χ0) is 19.4. The van der Waals surface area contributed by atoms with Gasteiger partial charge in [-0.25, -0.2) is 0 Å². The zero-order valence-electron chi connectivity index (χ0n) is 14.9. The number of anilines is 1. The number of hydrogen-bond donors (Lipinski definition) is 1. The molecule has 27 heavy (non-hydrogen) atoms. The molecule has 1 amide bonds. The molecule has 3 aromatic rings. The van der Waals surface area contributed by atoms with Crippen LogP contribution in [0.15, 0.2) is 53.9 Å². The average molecular weight is 382 g/mol. The summed E-state index contributed by atoms with van der Waals surface area (Å²) < 4.78 is 5.63. The minimum absolute atomic E-state index is 0.0169. The second kappa shape index (κ2) is 8.01. The van der Waals surface area contributed by atoms with Crippen LogP contribution in [-0.2, 0) is 6.61 Å². The number of nitrogens with one attached hydrogen (secondary N) is 1. The Hall–Kier alpha value is -3.19. The molecule has 2 aromatic carbocycles. The number of amides is 1. The molecule has 1 aromatic heterocycles. The summed E-state index contributed by atoms with van der Waals surface area (Å²) in [6, 6.07) is 13.5. The number of carbonyl (C=O) groups is 1. The van der Waals surface area contributed by atoms with Crippen LogP contribution in [-0.4, -0.2) is 10.8 Å². The summed E-state index contributed by atoms with van der Waals surface area (Å²) in [5.74, 6) is 0.378. The maximum absolute atomic E-state index is 12.5. The number of nitrogens with zero attached hydrogens (tertiary/aromatic N) is 1. The fourth-order valence-corrected chi connectivity index (χ4v) is 3.26. The van der Waals surface area contributed by atoms with Crippen molar-refractivity contribution in [2.45, 2.75) is 20.5 Å². The molecule has 138 valence electrons. The molecular weight excluding hydrogens is 364 g/mol. The first-order valence-corrected chi connectivity index (χ1v) is 9.14. The second-order valence-corrected chi connectivity index (χ2v) is 6.97. The number of ether oxygens (including phenoxy) is 1. The summed E-state index contributed by atoms with van der Waals surface area (Å²) in [7, 11) is 0. The Labute approximate surface area is 160 Å². The van der Waals surface area contributed by atoms with Gasteiger partial charge in [0.1, 0.15) is 12.4 Å². The third-order valence-corrected chi connectivity index (χ3v) is 5.16. The molecule has 0 aliphatic carbocycles. The fourth-order valence-electron chi connectivity index (χ4n) is 2.47. The van der Waals surface area contributed by atoms with Crippen LogP contribution in [0, 0.1) is 24.0 Å². The van der Waals surface area contributed by atoms with E-state index in [1.165, 1.54) is 23.5 Å². The average Bonchev–Trinajstić information content (AvgIpc) is 3.13. The number of benzene rings is 2. The Bertz CT molecular complexity index is 980. The molecule has 0 aliphatic rings. The minimum atomic E-state index is -0.455. The number of carbonyl (C=O) groups excluding carboxylic acids is 1. The van der Waals surface area contributed by atoms with Crippen LogP contribution < -0.4 is 10.1 Å². The number of aryl methyl sites for hydroxylation is 1. The van der Waals surface area contributed by atoms with Crippen molar-refractivity contribution in [3.05, 3.63) is 85.6 Å². The molecule has 0 saturated carbocycles. The van der Waals surface area contributed by atoms with Gasteiger partial charge in [-0.15, -0.1) is 11.3 Å². The lowest BCUT2D eigenvalue weighted by atomic mass is 10.1. The second-order valence-electron chi connectivity index (χ2n) is 6.06. The van der Waals surface area contributed by atoms with Crippen molar-refractivity contribution in [3.63, 3.8) is 0 Å². The van der Waals surface area contributed by atoms with E-state index in [1.807, 2.05) is 37.4 Å². The maximum Gasteiger partial charge on any atom is 0.269 e. The Balaban J connectivity index is 1.61. The highest BCUT2D eigenvalue weighted by Crippen LogP contribution is 2.23. The minimum Gasteiger partial charge on any atom is -0.489 e. The monoisotopic (exact) mass is 382 g/mol. The molecule has 0 saturated heterocycles. The van der Waals surface area contributed by atoms with Gasteiger partial charge in [0.2, 0.25) is 0 Å². The molecule has 0 bridgehead atoms. The van der Waals surface area contributed by atoms with E-state index in [-0.39, 0.29) is 18.2 Å². The van der Waals surface area contributed by atoms with Crippen molar-refractivity contribution in [2.24, 2.45) is 0 Å². The van der Waals surface area contributed by atoms with Gasteiger partial charge in [0, 0.05) is 23.4 Å². The Morgan fingerprint density at radius 3 is 2.63 bits per heavy atom. The number of non-ortho nitro benzene ring substituents is 1. The Morgan fingerprint density at radius 1 is 1.19 bits per heavy atom. The van der Waals surface area contributed by atoms with Crippen molar-refractivity contribution >= 4 is 28.6 Å². The number of thiophene rings is 1. The summed E-state index contributed by atoms with van der Waals surface area (Å²) in [6.45, 7) is 4.26. The normalized spacial score (nSPS) is 10.4. The molecule has 0 fully saturated rings. The first-order valence-electron chi connectivity index (χ1n) is 8.26. The van der Waals surface area contributed by atoms with Crippen molar-refractivity contribution in [2.75, 3.05) is 5.32 Å². The van der Waals surface area contributed by atoms with Gasteiger partial charge in [0.25, 0.3) is 11.6 Å². The molecule has 0 unspecified atom stereocenters. The maximum atomic E-state index is 12.5. The lowest BCUT2D eigenvalue weighted by molar-refractivity contribution is -0.384. The van der Waals surface area contributed by atoms with Crippen LogP contribution >= 0.6 is 11.3 Å². The third-order valence-electron chi connectivity index (χ3n) is 4.18. The van der Waals surface area contributed by atoms with Crippen molar-refractivity contribution in [1.82, 2.24) is 0 Å². The summed E-state index contributed by atoms with van der Waals surface area (Å²) in [5, 5.41) is 15.5. The summed E-state index contributed by atoms with van der Waals surface area (Å²) in [5.41, 5.74) is 3.85. The van der Waals surface area contributed by atoms with Gasteiger partial charge in [-0.2, -0.15) is 0 Å². The van der Waals surface area contributed by atoms with Gasteiger partial charge in [0.15, 0.2) is 0 Å². The summed E-state index contributed by atoms with van der Waals surface area (Å²) in [4.78, 5) is 23.3. The predicted molar refractivity (Wildman–Crippen MR) is 106 cm³/mol. The lowest BCUT2D eigenvalue weighted by Gasteiger charge is -2.09. The number of nitro groups is 1. The predicted octanol–water partition coefficient (Wildman–Crippen LogP) is 5.10. The molecule has 0 aliphatic heterocycles. The highest BCUT2D eigenvalue weighted by atomic mass is 32.1. The SMILES string of the molecule is Cc1cccc(NC(=O)c2cc(COc3ccc([N+](=O)[O-])cc3)cs2)c1C. The van der Waals surface area contributed by atoms with Gasteiger partial charge < -0.3 is 10.1 Å². The number of nitro benzene ring substituents is 1. The summed E-state index contributed by atoms with van der Waals surface area (Å²) >= 11 is 1.35. The van der Waals surface area contributed by atoms with Gasteiger partial charge in [-0.3, -0.25) is 14.9 Å². The molecule has 0 radical (unpaired) electrons. The Kier molecular flexibility index (Phi) is 5.52. The van der Waals surface area contributed by atoms with Gasteiger partial charge >= 0.3 is 0 Å². The number of hydrogen-bond acceptors (Lipinski definition) is 5. The van der Waals surface area contributed by atoms with Crippen LogP contribution in [0.25, 0.3) is 0 Å². The van der Waals surface area contributed by atoms with E-state index in [0.717, 1.165) is 22.4 Å². The molecular formula is C20H18N2O4S. The van der Waals surface area contributed by atoms with Crippen LogP contribution in [0.4, 0.5) is 11.4 Å². The Morgan fingerprint density at radius 2 is 1.93 bits per heavy atom. The van der Waals surface area contributed by atoms with Crippen molar-refractivity contribution < 1.29 is 14.5 Å². The zero-order valence-corrected chi connectivity index (χ0v) is 15.7. The van der Waals surface area contributed by atoms with E-state index in [9.17, 15) is 14.9 Å². The van der Waals surface area contributed by atoms with Crippen LogP contribution in [0.1, 0.15) is 26.4 Å². The standard InChI is InChI=1S/C20H18N2O4S/c1-13-4-3-5-18(14(13)2)21-20(23)19-10-15(12-27-19)11-26-17-8-6-16(7-9-17)22(24)25/h3-10,12H,11H2,1-2H3,(H,21,23). The third kappa shape index (κ3) is 4.51. The molecule has 6 nitrogen and oxygen atoms in total. The van der Waals surface area contributed by atoms with Gasteiger partial charge in [-0.05, 0) is 54.6 Å². The van der Waals surface area contributed by atoms with E-state index >= 15 is 0 Å². The highest BCUT2D eigenvalue weighted by molar-refractivity contribution is 7.12. The van der Waals surface area contributed by atoms with Gasteiger partial charge in [0.05, 0.1) is 9.80 Å². The highest BCUT2D eigenvalue weighted by Gasteiger charge is 2.12. The number of rotatable bonds is 6. The van der Waals surface area contributed by atoms with E-state index in [1.54, 1.807) is 18.2 Å². The first kappa shape index (κ1) is 18.6. The van der Waals surface area contributed by atoms with E-state index in [0.29, 0.717) is 10.6 Å². The molecule has 0 spiro atoms. The van der Waals surface area contributed by atoms with Crippen LogP contribution in [0.3, 0.4) is 0 Å².